The second-order valence-corrected chi connectivity index (χ2v) is 4.14. The van der Waals surface area contributed by atoms with E-state index < -0.39 is 0 Å². The summed E-state index contributed by atoms with van der Waals surface area (Å²) in [6, 6.07) is 6.83. The molecule has 1 rings (SSSR count). The highest BCUT2D eigenvalue weighted by molar-refractivity contribution is 5.23. The van der Waals surface area contributed by atoms with Gasteiger partial charge in [0.25, 0.3) is 0 Å². The lowest BCUT2D eigenvalue weighted by Crippen LogP contribution is -2.16. The highest BCUT2D eigenvalue weighted by atomic mass is 19.1. The lowest BCUT2D eigenvalue weighted by molar-refractivity contribution is 0.472. The van der Waals surface area contributed by atoms with Crippen LogP contribution in [0.3, 0.4) is 0 Å². The maximum atomic E-state index is 12.7. The van der Waals surface area contributed by atoms with Gasteiger partial charge in [0, 0.05) is 0 Å². The van der Waals surface area contributed by atoms with Gasteiger partial charge >= 0.3 is 0 Å². The van der Waals surface area contributed by atoms with E-state index in [0.717, 1.165) is 12.8 Å². The summed E-state index contributed by atoms with van der Waals surface area (Å²) in [6.07, 6.45) is 2.29. The van der Waals surface area contributed by atoms with Gasteiger partial charge in [-0.3, -0.25) is 0 Å². The van der Waals surface area contributed by atoms with Crippen LogP contribution in [0, 0.1) is 5.82 Å². The Morgan fingerprint density at radius 1 is 1.15 bits per heavy atom. The molecule has 0 saturated carbocycles. The molecule has 0 heterocycles. The largest absolute Gasteiger partial charge is 0.207 e. The predicted molar refractivity (Wildman–Crippen MR) is 54.3 cm³/mol. The van der Waals surface area contributed by atoms with Crippen molar-refractivity contribution in [2.45, 2.75) is 39.0 Å². The molecule has 0 N–H and O–H groups in total. The molecule has 13 heavy (non-hydrogen) atoms. The molecular weight excluding hydrogens is 163 g/mol. The summed E-state index contributed by atoms with van der Waals surface area (Å²) in [5.41, 5.74) is 1.39. The molecule has 0 nitrogen and oxygen atoms in total. The highest BCUT2D eigenvalue weighted by Gasteiger charge is 2.18. The summed E-state index contributed by atoms with van der Waals surface area (Å²) in [5.74, 6) is -0.156. The minimum atomic E-state index is -0.156. The van der Waals surface area contributed by atoms with Crippen molar-refractivity contribution in [2.24, 2.45) is 0 Å². The number of rotatable bonds is 3. The first-order valence-electron chi connectivity index (χ1n) is 4.82. The first-order chi connectivity index (χ1) is 6.06. The third-order valence-corrected chi connectivity index (χ3v) is 2.50. The molecule has 1 aromatic rings. The van der Waals surface area contributed by atoms with E-state index in [1.54, 1.807) is 0 Å². The van der Waals surface area contributed by atoms with Crippen LogP contribution < -0.4 is 0 Å². The Bertz CT molecular complexity index is 259. The van der Waals surface area contributed by atoms with Gasteiger partial charge in [0.2, 0.25) is 0 Å². The van der Waals surface area contributed by atoms with Crippen LogP contribution in [0.15, 0.2) is 24.3 Å². The van der Waals surface area contributed by atoms with Crippen molar-refractivity contribution in [1.82, 2.24) is 0 Å². The zero-order valence-corrected chi connectivity index (χ0v) is 8.60. The summed E-state index contributed by atoms with van der Waals surface area (Å²) in [7, 11) is 0. The van der Waals surface area contributed by atoms with E-state index in [1.807, 2.05) is 12.1 Å². The van der Waals surface area contributed by atoms with Crippen LogP contribution in [0.1, 0.15) is 39.2 Å². The number of halogens is 1. The SMILES string of the molecule is CCCC(C)(C)c1ccc(F)cc1. The van der Waals surface area contributed by atoms with Crippen LogP contribution in [0.25, 0.3) is 0 Å². The first-order valence-corrected chi connectivity index (χ1v) is 4.82. The van der Waals surface area contributed by atoms with Crippen LogP contribution in [-0.2, 0) is 5.41 Å². The molecule has 0 atom stereocenters. The maximum absolute atomic E-state index is 12.7. The third kappa shape index (κ3) is 2.55. The fourth-order valence-electron chi connectivity index (χ4n) is 1.67. The van der Waals surface area contributed by atoms with Gasteiger partial charge in [-0.2, -0.15) is 0 Å². The summed E-state index contributed by atoms with van der Waals surface area (Å²) in [4.78, 5) is 0. The zero-order chi connectivity index (χ0) is 9.90. The second-order valence-electron chi connectivity index (χ2n) is 4.14. The number of hydrogen-bond acceptors (Lipinski definition) is 0. The Balaban J connectivity index is 2.87. The van der Waals surface area contributed by atoms with Crippen LogP contribution >= 0.6 is 0 Å². The Morgan fingerprint density at radius 3 is 2.15 bits per heavy atom. The van der Waals surface area contributed by atoms with Crippen molar-refractivity contribution in [1.29, 1.82) is 0 Å². The molecule has 0 fully saturated rings. The standard InChI is InChI=1S/C12H17F/c1-4-9-12(2,3)10-5-7-11(13)8-6-10/h5-8H,4,9H2,1-3H3. The highest BCUT2D eigenvalue weighted by Crippen LogP contribution is 2.28. The topological polar surface area (TPSA) is 0 Å². The first kappa shape index (κ1) is 10.2. The molecule has 0 bridgehead atoms. The lowest BCUT2D eigenvalue weighted by Gasteiger charge is -2.24. The summed E-state index contributed by atoms with van der Waals surface area (Å²) >= 11 is 0. The Kier molecular flexibility index (Phi) is 3.07. The third-order valence-electron chi connectivity index (χ3n) is 2.50. The van der Waals surface area contributed by atoms with Crippen LogP contribution in [0.4, 0.5) is 4.39 Å². The van der Waals surface area contributed by atoms with E-state index in [1.165, 1.54) is 17.7 Å². The number of hydrogen-bond donors (Lipinski definition) is 0. The monoisotopic (exact) mass is 180 g/mol. The van der Waals surface area contributed by atoms with Crippen molar-refractivity contribution in [3.05, 3.63) is 35.6 Å². The van der Waals surface area contributed by atoms with E-state index in [0.29, 0.717) is 0 Å². The van der Waals surface area contributed by atoms with Gasteiger partial charge in [0.15, 0.2) is 0 Å². The molecule has 1 heteroatoms. The van der Waals surface area contributed by atoms with Crippen LogP contribution in [0.2, 0.25) is 0 Å². The molecule has 0 aromatic heterocycles. The molecule has 0 radical (unpaired) electrons. The molecule has 0 unspecified atom stereocenters. The van der Waals surface area contributed by atoms with Crippen molar-refractivity contribution in [3.63, 3.8) is 0 Å². The fourth-order valence-corrected chi connectivity index (χ4v) is 1.67. The van der Waals surface area contributed by atoms with E-state index in [4.69, 9.17) is 0 Å². The number of benzene rings is 1. The lowest BCUT2D eigenvalue weighted by atomic mass is 9.81. The molecular formula is C12H17F. The average Bonchev–Trinajstić information content (AvgIpc) is 2.05. The van der Waals surface area contributed by atoms with Gasteiger partial charge in [-0.25, -0.2) is 4.39 Å². The average molecular weight is 180 g/mol. The van der Waals surface area contributed by atoms with Crippen LogP contribution in [-0.4, -0.2) is 0 Å². The molecule has 0 aliphatic carbocycles. The van der Waals surface area contributed by atoms with Gasteiger partial charge < -0.3 is 0 Å². The van der Waals surface area contributed by atoms with Gasteiger partial charge in [-0.15, -0.1) is 0 Å². The van der Waals surface area contributed by atoms with E-state index in [-0.39, 0.29) is 11.2 Å². The minimum absolute atomic E-state index is 0.156. The Labute approximate surface area is 79.8 Å². The smallest absolute Gasteiger partial charge is 0.123 e. The molecule has 0 spiro atoms. The summed E-state index contributed by atoms with van der Waals surface area (Å²) < 4.78 is 12.7. The maximum Gasteiger partial charge on any atom is 0.123 e. The molecule has 0 aliphatic heterocycles. The quantitative estimate of drug-likeness (QED) is 0.661. The van der Waals surface area contributed by atoms with E-state index >= 15 is 0 Å². The van der Waals surface area contributed by atoms with Crippen LogP contribution in [0.5, 0.6) is 0 Å². The minimum Gasteiger partial charge on any atom is -0.207 e. The van der Waals surface area contributed by atoms with Crippen molar-refractivity contribution < 1.29 is 4.39 Å². The van der Waals surface area contributed by atoms with Crippen molar-refractivity contribution in [2.75, 3.05) is 0 Å². The molecule has 0 aliphatic rings. The molecule has 1 aromatic carbocycles. The Morgan fingerprint density at radius 2 is 1.69 bits per heavy atom. The second kappa shape index (κ2) is 3.91. The predicted octanol–water partition coefficient (Wildman–Crippen LogP) is 3.90. The molecule has 0 saturated heterocycles. The molecule has 0 amide bonds. The van der Waals surface area contributed by atoms with E-state index in [9.17, 15) is 4.39 Å². The zero-order valence-electron chi connectivity index (χ0n) is 8.60. The van der Waals surface area contributed by atoms with Crippen molar-refractivity contribution >= 4 is 0 Å². The summed E-state index contributed by atoms with van der Waals surface area (Å²) in [5, 5.41) is 0. The van der Waals surface area contributed by atoms with Gasteiger partial charge in [-0.05, 0) is 29.5 Å². The Hall–Kier alpha value is -0.850. The fraction of sp³-hybridized carbons (Fsp3) is 0.500. The van der Waals surface area contributed by atoms with E-state index in [2.05, 4.69) is 20.8 Å². The normalized spacial score (nSPS) is 11.7. The summed E-state index contributed by atoms with van der Waals surface area (Å²) in [6.45, 7) is 6.57. The molecule has 72 valence electrons. The van der Waals surface area contributed by atoms with Gasteiger partial charge in [-0.1, -0.05) is 39.3 Å². The van der Waals surface area contributed by atoms with Crippen molar-refractivity contribution in [3.8, 4) is 0 Å². The van der Waals surface area contributed by atoms with Gasteiger partial charge in [0.1, 0.15) is 5.82 Å². The van der Waals surface area contributed by atoms with Gasteiger partial charge in [0.05, 0.1) is 0 Å².